The highest BCUT2D eigenvalue weighted by Gasteiger charge is 1.92. The van der Waals surface area contributed by atoms with Gasteiger partial charge in [-0.05, 0) is 18.1 Å². The van der Waals surface area contributed by atoms with E-state index in [1.807, 2.05) is 12.1 Å². The zero-order valence-electron chi connectivity index (χ0n) is 9.13. The molecule has 0 fully saturated rings. The molecule has 0 radical (unpaired) electrons. The number of hydrogen-bond acceptors (Lipinski definition) is 1. The van der Waals surface area contributed by atoms with Gasteiger partial charge in [0.15, 0.2) is 0 Å². The Balaban J connectivity index is 0.000000424. The van der Waals surface area contributed by atoms with Crippen LogP contribution in [0.2, 0.25) is 0 Å². The summed E-state index contributed by atoms with van der Waals surface area (Å²) in [6.45, 7) is 7.06. The van der Waals surface area contributed by atoms with E-state index < -0.39 is 0 Å². The van der Waals surface area contributed by atoms with Gasteiger partial charge in [-0.3, -0.25) is 0 Å². The minimum atomic E-state index is 0.715. The molecule has 0 spiro atoms. The quantitative estimate of drug-likeness (QED) is 0.676. The van der Waals surface area contributed by atoms with E-state index >= 15 is 0 Å². The van der Waals surface area contributed by atoms with Gasteiger partial charge in [0.1, 0.15) is 0 Å². The highest BCUT2D eigenvalue weighted by Crippen LogP contribution is 2.06. The van der Waals surface area contributed by atoms with Crippen LogP contribution in [-0.4, -0.2) is 7.11 Å². The summed E-state index contributed by atoms with van der Waals surface area (Å²) in [7, 11) is 1.71. The van der Waals surface area contributed by atoms with Gasteiger partial charge in [-0.15, -0.1) is 0 Å². The van der Waals surface area contributed by atoms with Gasteiger partial charge >= 0.3 is 0 Å². The van der Waals surface area contributed by atoms with Crippen LogP contribution in [0.3, 0.4) is 0 Å². The molecule has 0 saturated carbocycles. The van der Waals surface area contributed by atoms with E-state index in [1.54, 1.807) is 7.11 Å². The third-order valence-electron chi connectivity index (χ3n) is 1.56. The largest absolute Gasteiger partial charge is 0.380 e. The molecule has 0 bridgehead atoms. The van der Waals surface area contributed by atoms with Crippen LogP contribution in [0.25, 0.3) is 0 Å². The van der Waals surface area contributed by atoms with Gasteiger partial charge < -0.3 is 4.74 Å². The molecule has 0 N–H and O–H groups in total. The average Bonchev–Trinajstić information content (AvgIpc) is 2.11. The van der Waals surface area contributed by atoms with Crippen LogP contribution in [-0.2, 0) is 11.3 Å². The van der Waals surface area contributed by atoms with Crippen molar-refractivity contribution < 1.29 is 4.74 Å². The number of rotatable bonds is 2. The summed E-state index contributed by atoms with van der Waals surface area (Å²) in [5.74, 6) is 0. The van der Waals surface area contributed by atoms with Gasteiger partial charge in [0, 0.05) is 7.11 Å². The smallest absolute Gasteiger partial charge is 0.0715 e. The van der Waals surface area contributed by atoms with Crippen LogP contribution in [0.4, 0.5) is 0 Å². The summed E-state index contributed by atoms with van der Waals surface area (Å²) >= 11 is 0. The molecule has 1 heteroatoms. The maximum absolute atomic E-state index is 5.01. The molecule has 13 heavy (non-hydrogen) atoms. The van der Waals surface area contributed by atoms with E-state index in [4.69, 9.17) is 4.74 Å². The van der Waals surface area contributed by atoms with Crippen molar-refractivity contribution in [1.29, 1.82) is 0 Å². The molecule has 0 aliphatic heterocycles. The van der Waals surface area contributed by atoms with Gasteiger partial charge in [-0.2, -0.15) is 0 Å². The Morgan fingerprint density at radius 3 is 2.15 bits per heavy atom. The summed E-state index contributed by atoms with van der Waals surface area (Å²) in [6.07, 6.45) is 1.25. The Labute approximate surface area is 81.7 Å². The molecule has 74 valence electrons. The second kappa shape index (κ2) is 7.81. The summed E-state index contributed by atoms with van der Waals surface area (Å²) in [4.78, 5) is 0. The van der Waals surface area contributed by atoms with Gasteiger partial charge in [-0.25, -0.2) is 0 Å². The first-order chi connectivity index (χ1) is 6.26. The molecule has 0 heterocycles. The highest BCUT2D eigenvalue weighted by molar-refractivity contribution is 5.24. The Morgan fingerprint density at radius 1 is 1.15 bits per heavy atom. The normalized spacial score (nSPS) is 8.92. The average molecular weight is 180 g/mol. The lowest BCUT2D eigenvalue weighted by Crippen LogP contribution is -1.89. The number of methoxy groups -OCH3 is 1. The lowest BCUT2D eigenvalue weighted by Gasteiger charge is -2.01. The number of benzene rings is 1. The van der Waals surface area contributed by atoms with Crippen molar-refractivity contribution in [2.45, 2.75) is 33.8 Å². The molecular weight excluding hydrogens is 160 g/mol. The molecule has 1 rings (SSSR count). The number of hydrogen-bond donors (Lipinski definition) is 0. The maximum atomic E-state index is 5.01. The summed E-state index contributed by atoms with van der Waals surface area (Å²) in [6, 6.07) is 8.24. The Kier molecular flexibility index (Phi) is 7.32. The topological polar surface area (TPSA) is 9.23 Å². The molecule has 0 saturated heterocycles. The molecule has 1 aromatic carbocycles. The molecule has 0 amide bonds. The van der Waals surface area contributed by atoms with Crippen molar-refractivity contribution >= 4 is 0 Å². The lowest BCUT2D eigenvalue weighted by molar-refractivity contribution is 0.184. The van der Waals surface area contributed by atoms with Crippen molar-refractivity contribution in [1.82, 2.24) is 0 Å². The van der Waals surface area contributed by atoms with Crippen molar-refractivity contribution in [2.75, 3.05) is 7.11 Å². The zero-order valence-corrected chi connectivity index (χ0v) is 9.13. The zero-order chi connectivity index (χ0) is 10.1. The van der Waals surface area contributed by atoms with Crippen molar-refractivity contribution in [3.63, 3.8) is 0 Å². The Morgan fingerprint density at radius 2 is 1.69 bits per heavy atom. The summed E-state index contributed by atoms with van der Waals surface area (Å²) < 4.78 is 5.01. The van der Waals surface area contributed by atoms with E-state index in [1.165, 1.54) is 17.5 Å². The first kappa shape index (κ1) is 12.2. The fourth-order valence-corrected chi connectivity index (χ4v) is 0.928. The summed E-state index contributed by atoms with van der Waals surface area (Å²) in [5, 5.41) is 0. The highest BCUT2D eigenvalue weighted by atomic mass is 16.5. The van der Waals surface area contributed by atoms with Gasteiger partial charge in [0.05, 0.1) is 6.61 Å². The molecule has 0 aliphatic rings. The summed E-state index contributed by atoms with van der Waals surface area (Å²) in [5.41, 5.74) is 2.56. The molecule has 0 unspecified atom stereocenters. The van der Waals surface area contributed by atoms with Crippen LogP contribution in [0, 0.1) is 6.92 Å². The number of ether oxygens (including phenoxy) is 1. The fraction of sp³-hybridized carbons (Fsp3) is 0.500. The first-order valence-electron chi connectivity index (χ1n) is 4.79. The third-order valence-corrected chi connectivity index (χ3v) is 1.56. The predicted octanol–water partition coefficient (Wildman–Crippen LogP) is 3.56. The van der Waals surface area contributed by atoms with Gasteiger partial charge in [0.25, 0.3) is 0 Å². The van der Waals surface area contributed by atoms with Crippen LogP contribution < -0.4 is 0 Å². The van der Waals surface area contributed by atoms with Crippen LogP contribution in [0.1, 0.15) is 31.4 Å². The monoisotopic (exact) mass is 180 g/mol. The van der Waals surface area contributed by atoms with Crippen LogP contribution >= 0.6 is 0 Å². The predicted molar refractivity (Wildman–Crippen MR) is 57.9 cm³/mol. The maximum Gasteiger partial charge on any atom is 0.0715 e. The van der Waals surface area contributed by atoms with E-state index in [-0.39, 0.29) is 0 Å². The van der Waals surface area contributed by atoms with Gasteiger partial charge in [-0.1, -0.05) is 44.5 Å². The Hall–Kier alpha value is -0.820. The standard InChI is InChI=1S/C9H12O.C3H8/c1-8-5-3-4-6-9(8)7-10-2;1-3-2/h3-6H,7H2,1-2H3;3H2,1-2H3. The molecule has 0 aliphatic carbocycles. The Bertz CT molecular complexity index is 218. The number of aryl methyl sites for hydroxylation is 1. The lowest BCUT2D eigenvalue weighted by atomic mass is 10.1. The van der Waals surface area contributed by atoms with E-state index in [0.29, 0.717) is 6.61 Å². The SMILES string of the molecule is CCC.COCc1ccccc1C. The fourth-order valence-electron chi connectivity index (χ4n) is 0.928. The van der Waals surface area contributed by atoms with Gasteiger partial charge in [0.2, 0.25) is 0 Å². The first-order valence-corrected chi connectivity index (χ1v) is 4.79. The van der Waals surface area contributed by atoms with Crippen LogP contribution in [0.5, 0.6) is 0 Å². The second-order valence-electron chi connectivity index (χ2n) is 3.07. The third kappa shape index (κ3) is 5.42. The second-order valence-corrected chi connectivity index (χ2v) is 3.07. The van der Waals surface area contributed by atoms with Crippen molar-refractivity contribution in [3.05, 3.63) is 35.4 Å². The van der Waals surface area contributed by atoms with E-state index in [0.717, 1.165) is 0 Å². The van der Waals surface area contributed by atoms with Crippen molar-refractivity contribution in [2.24, 2.45) is 0 Å². The van der Waals surface area contributed by atoms with E-state index in [9.17, 15) is 0 Å². The molecular formula is C12H20O. The molecule has 0 atom stereocenters. The van der Waals surface area contributed by atoms with Crippen LogP contribution in [0.15, 0.2) is 24.3 Å². The van der Waals surface area contributed by atoms with E-state index in [2.05, 4.69) is 32.9 Å². The molecule has 1 nitrogen and oxygen atoms in total. The molecule has 0 aromatic heterocycles. The minimum absolute atomic E-state index is 0.715. The minimum Gasteiger partial charge on any atom is -0.380 e. The molecule has 1 aromatic rings. The van der Waals surface area contributed by atoms with Crippen molar-refractivity contribution in [3.8, 4) is 0 Å².